The van der Waals surface area contributed by atoms with Crippen molar-refractivity contribution >= 4 is 22.6 Å². The van der Waals surface area contributed by atoms with Gasteiger partial charge in [0.2, 0.25) is 0 Å². The van der Waals surface area contributed by atoms with Gasteiger partial charge in [-0.3, -0.25) is 9.89 Å². The minimum Gasteiger partial charge on any atom is -0.496 e. The lowest BCUT2D eigenvalue weighted by Gasteiger charge is -2.21. The number of amides is 1. The summed E-state index contributed by atoms with van der Waals surface area (Å²) in [4.78, 5) is 21.3. The first-order chi connectivity index (χ1) is 18.9. The highest BCUT2D eigenvalue weighted by Crippen LogP contribution is 2.36. The number of anilines is 1. The molecular formula is C29H30FN7O2. The Bertz CT molecular complexity index is 1560. The molecule has 0 bridgehead atoms. The third-order valence-corrected chi connectivity index (χ3v) is 7.00. The van der Waals surface area contributed by atoms with E-state index in [0.717, 1.165) is 23.9 Å². The number of carbonyl (C=O) groups is 1. The van der Waals surface area contributed by atoms with Crippen molar-refractivity contribution < 1.29 is 13.9 Å². The second kappa shape index (κ2) is 11.1. The molecule has 9 nitrogen and oxygen atoms in total. The zero-order valence-corrected chi connectivity index (χ0v) is 22.2. The fourth-order valence-electron chi connectivity index (χ4n) is 5.00. The number of fused-ring (bicyclic) bond motifs is 1. The number of aromatic amines is 1. The molecule has 5 rings (SSSR count). The predicted octanol–water partition coefficient (Wildman–Crippen LogP) is 4.54. The molecule has 0 unspecified atom stereocenters. The molecule has 1 aliphatic rings. The molecular weight excluding hydrogens is 497 g/mol. The lowest BCUT2D eigenvalue weighted by atomic mass is 9.99. The number of rotatable bonds is 8. The van der Waals surface area contributed by atoms with Crippen molar-refractivity contribution in [1.29, 1.82) is 5.26 Å². The molecule has 200 valence electrons. The Morgan fingerprint density at radius 1 is 1.28 bits per heavy atom. The van der Waals surface area contributed by atoms with Crippen LogP contribution in [0.25, 0.3) is 33.4 Å². The zero-order chi connectivity index (χ0) is 27.5. The molecule has 1 atom stereocenters. The van der Waals surface area contributed by atoms with E-state index in [0.29, 0.717) is 47.7 Å². The highest BCUT2D eigenvalue weighted by atomic mass is 19.1. The van der Waals surface area contributed by atoms with Crippen LogP contribution in [0.3, 0.4) is 0 Å². The number of nitrogens with zero attached hydrogens (tertiary/aromatic N) is 5. The number of nitriles is 1. The number of nitrogens with one attached hydrogen (secondary N) is 2. The summed E-state index contributed by atoms with van der Waals surface area (Å²) in [6, 6.07) is 14.7. The van der Waals surface area contributed by atoms with Crippen LogP contribution in [0.15, 0.2) is 48.7 Å². The molecule has 1 fully saturated rings. The number of halogens is 1. The number of carbonyl (C=O) groups excluding carboxylic acids is 1. The van der Waals surface area contributed by atoms with Crippen LogP contribution < -0.4 is 10.1 Å². The van der Waals surface area contributed by atoms with Crippen LogP contribution in [0.4, 0.5) is 10.1 Å². The van der Waals surface area contributed by atoms with Gasteiger partial charge in [0.25, 0.3) is 5.91 Å². The maximum Gasteiger partial charge on any atom is 0.255 e. The summed E-state index contributed by atoms with van der Waals surface area (Å²) in [7, 11) is 4.90. The van der Waals surface area contributed by atoms with E-state index in [9.17, 15) is 4.79 Å². The smallest absolute Gasteiger partial charge is 0.255 e. The predicted molar refractivity (Wildman–Crippen MR) is 148 cm³/mol. The third-order valence-electron chi connectivity index (χ3n) is 7.00. The van der Waals surface area contributed by atoms with Crippen LogP contribution in [-0.2, 0) is 0 Å². The van der Waals surface area contributed by atoms with Crippen LogP contribution in [0.1, 0.15) is 23.2 Å². The summed E-state index contributed by atoms with van der Waals surface area (Å²) in [6.07, 6.45) is 2.89. The van der Waals surface area contributed by atoms with Crippen molar-refractivity contribution in [1.82, 2.24) is 25.0 Å². The normalized spacial score (nSPS) is 15.3. The van der Waals surface area contributed by atoms with Crippen LogP contribution >= 0.6 is 0 Å². The van der Waals surface area contributed by atoms with Crippen molar-refractivity contribution in [3.8, 4) is 34.2 Å². The van der Waals surface area contributed by atoms with Gasteiger partial charge in [-0.25, -0.2) is 9.37 Å². The molecule has 0 radical (unpaired) electrons. The van der Waals surface area contributed by atoms with Gasteiger partial charge in [0.05, 0.1) is 24.4 Å². The fraction of sp³-hybridized carbons (Fsp3) is 0.310. The summed E-state index contributed by atoms with van der Waals surface area (Å²) in [5, 5.41) is 20.3. The Morgan fingerprint density at radius 3 is 2.87 bits per heavy atom. The summed E-state index contributed by atoms with van der Waals surface area (Å²) >= 11 is 0. The van der Waals surface area contributed by atoms with Crippen molar-refractivity contribution in [3.63, 3.8) is 0 Å². The molecule has 39 heavy (non-hydrogen) atoms. The second-order valence-electron chi connectivity index (χ2n) is 9.81. The summed E-state index contributed by atoms with van der Waals surface area (Å²) < 4.78 is 21.2. The minimum atomic E-state index is -0.509. The molecule has 1 amide bonds. The number of benzene rings is 2. The molecule has 0 saturated carbocycles. The molecule has 1 saturated heterocycles. The van der Waals surface area contributed by atoms with Crippen LogP contribution in [0.5, 0.6) is 5.75 Å². The molecule has 2 N–H and O–H groups in total. The Morgan fingerprint density at radius 2 is 2.10 bits per heavy atom. The van der Waals surface area contributed by atoms with E-state index in [4.69, 9.17) is 10.00 Å². The number of aromatic nitrogens is 3. The number of H-pyrrole nitrogens is 1. The quantitative estimate of drug-likeness (QED) is 0.346. The van der Waals surface area contributed by atoms with Crippen molar-refractivity contribution in [2.45, 2.75) is 18.9 Å². The van der Waals surface area contributed by atoms with Crippen LogP contribution in [-0.4, -0.2) is 77.8 Å². The van der Waals surface area contributed by atoms with E-state index in [2.05, 4.69) is 31.5 Å². The highest BCUT2D eigenvalue weighted by molar-refractivity contribution is 6.01. The van der Waals surface area contributed by atoms with Crippen molar-refractivity contribution in [3.05, 3.63) is 60.0 Å². The van der Waals surface area contributed by atoms with Crippen molar-refractivity contribution in [2.24, 2.45) is 0 Å². The monoisotopic (exact) mass is 527 g/mol. The number of ether oxygens (including phenoxy) is 1. The Hall–Kier alpha value is -4.49. The van der Waals surface area contributed by atoms with Crippen LogP contribution in [0.2, 0.25) is 0 Å². The SMILES string of the molecule is COc1ccccc1-c1n[nH]c2ncc(-c3cc(F)c(N[C@@H]4CCN(CCC#N)C4)c(C(=O)N(C)C)c3)cc12. The molecule has 0 spiro atoms. The van der Waals surface area contributed by atoms with E-state index in [1.807, 2.05) is 30.3 Å². The Labute approximate surface area is 226 Å². The minimum absolute atomic E-state index is 0.0230. The Balaban J connectivity index is 1.53. The summed E-state index contributed by atoms with van der Waals surface area (Å²) in [5.41, 5.74) is 3.69. The lowest BCUT2D eigenvalue weighted by molar-refractivity contribution is 0.0828. The highest BCUT2D eigenvalue weighted by Gasteiger charge is 2.26. The molecule has 2 aromatic heterocycles. The molecule has 1 aliphatic heterocycles. The first-order valence-electron chi connectivity index (χ1n) is 12.8. The Kier molecular flexibility index (Phi) is 7.43. The summed E-state index contributed by atoms with van der Waals surface area (Å²) in [5.74, 6) is -0.134. The number of likely N-dealkylation sites (tertiary alicyclic amines) is 1. The topological polar surface area (TPSA) is 110 Å². The van der Waals surface area contributed by atoms with Gasteiger partial charge in [-0.15, -0.1) is 0 Å². The van der Waals surface area contributed by atoms with Gasteiger partial charge in [0.15, 0.2) is 5.65 Å². The molecule has 0 aliphatic carbocycles. The van der Waals surface area contributed by atoms with E-state index < -0.39 is 5.82 Å². The first kappa shape index (κ1) is 26.1. The van der Waals surface area contributed by atoms with E-state index >= 15 is 4.39 Å². The number of methoxy groups -OCH3 is 1. The van der Waals surface area contributed by atoms with Gasteiger partial charge in [-0.05, 0) is 42.3 Å². The van der Waals surface area contributed by atoms with Gasteiger partial charge in [0.1, 0.15) is 17.3 Å². The lowest BCUT2D eigenvalue weighted by Crippen LogP contribution is -2.29. The van der Waals surface area contributed by atoms with Gasteiger partial charge < -0.3 is 19.9 Å². The third kappa shape index (κ3) is 5.26. The second-order valence-corrected chi connectivity index (χ2v) is 9.81. The van der Waals surface area contributed by atoms with Gasteiger partial charge in [-0.2, -0.15) is 10.4 Å². The zero-order valence-electron chi connectivity index (χ0n) is 22.2. The molecule has 4 aromatic rings. The molecule has 3 heterocycles. The largest absolute Gasteiger partial charge is 0.496 e. The van der Waals surface area contributed by atoms with Crippen molar-refractivity contribution in [2.75, 3.05) is 46.2 Å². The maximum atomic E-state index is 15.7. The summed E-state index contributed by atoms with van der Waals surface area (Å²) in [6.45, 7) is 2.19. The molecule has 2 aromatic carbocycles. The maximum absolute atomic E-state index is 15.7. The van der Waals surface area contributed by atoms with E-state index in [1.54, 1.807) is 33.5 Å². The first-order valence-corrected chi connectivity index (χ1v) is 12.8. The van der Waals surface area contributed by atoms with E-state index in [1.165, 1.54) is 11.0 Å². The average molecular weight is 528 g/mol. The number of para-hydroxylation sites is 1. The average Bonchev–Trinajstić information content (AvgIpc) is 3.58. The van der Waals surface area contributed by atoms with Gasteiger partial charge in [-0.1, -0.05) is 12.1 Å². The molecule has 10 heteroatoms. The number of hydrogen-bond donors (Lipinski definition) is 2. The number of pyridine rings is 1. The standard InChI is InChI=1S/C29H30FN7O2/c1-36(2)29(38)23-13-18(15-24(30)27(23)33-20-9-12-37(17-20)11-6-10-31)19-14-22-26(34-35-28(22)32-16-19)21-7-4-5-8-25(21)39-3/h4-5,7-8,13-16,20,33H,6,9,11-12,17H2,1-3H3,(H,32,34,35)/t20-/m1/s1. The van der Waals surface area contributed by atoms with Gasteiger partial charge >= 0.3 is 0 Å². The fourth-order valence-corrected chi connectivity index (χ4v) is 5.00. The van der Waals surface area contributed by atoms with Gasteiger partial charge in [0, 0.05) is 68.9 Å². The van der Waals surface area contributed by atoms with Crippen LogP contribution in [0, 0.1) is 17.1 Å². The number of hydrogen-bond acceptors (Lipinski definition) is 7. The van der Waals surface area contributed by atoms with E-state index in [-0.39, 0.29) is 23.2 Å².